The molecule has 0 aliphatic rings. The summed E-state index contributed by atoms with van der Waals surface area (Å²) in [5.41, 5.74) is 0. The smallest absolute Gasteiger partial charge is 0.00258 e. The fraction of sp³-hybridized carbons (Fsp3) is 1.00. The molecule has 0 unspecified atom stereocenters. The van der Waals surface area contributed by atoms with Gasteiger partial charge in [0.1, 0.15) is 0 Å². The monoisotopic (exact) mass is 158 g/mol. The molecule has 0 heterocycles. The summed E-state index contributed by atoms with van der Waals surface area (Å²) < 4.78 is 0. The Hall–Kier alpha value is -0.0800. The minimum Gasteiger partial charge on any atom is -0.320 e. The van der Waals surface area contributed by atoms with E-state index in [4.69, 9.17) is 0 Å². The normalized spacial score (nSPS) is 10.9. The summed E-state index contributed by atoms with van der Waals surface area (Å²) in [7, 11) is 2.00. The molecule has 2 heteroatoms. The molecule has 0 saturated heterocycles. The number of hydrogen-bond donors (Lipinski definition) is 2. The van der Waals surface area contributed by atoms with Crippen molar-refractivity contribution in [3.63, 3.8) is 0 Å². The summed E-state index contributed by atoms with van der Waals surface area (Å²) in [6.45, 7) is 7.93. The van der Waals surface area contributed by atoms with Gasteiger partial charge in [0.2, 0.25) is 0 Å². The van der Waals surface area contributed by atoms with Crippen LogP contribution in [0.3, 0.4) is 0 Å². The third kappa shape index (κ3) is 9.92. The second-order valence-electron chi connectivity index (χ2n) is 3.41. The van der Waals surface area contributed by atoms with Gasteiger partial charge in [0.15, 0.2) is 0 Å². The predicted octanol–water partition coefficient (Wildman–Crippen LogP) is 1.23. The van der Waals surface area contributed by atoms with Crippen molar-refractivity contribution in [2.24, 2.45) is 5.92 Å². The van der Waals surface area contributed by atoms with Crippen LogP contribution in [0.2, 0.25) is 0 Å². The van der Waals surface area contributed by atoms with Crippen molar-refractivity contribution in [2.75, 3.05) is 26.7 Å². The van der Waals surface area contributed by atoms with Crippen molar-refractivity contribution in [2.45, 2.75) is 26.7 Å². The lowest BCUT2D eigenvalue weighted by Gasteiger charge is -2.06. The summed E-state index contributed by atoms with van der Waals surface area (Å²) in [6, 6.07) is 0. The highest BCUT2D eigenvalue weighted by atomic mass is 14.9. The largest absolute Gasteiger partial charge is 0.320 e. The van der Waals surface area contributed by atoms with Crippen LogP contribution < -0.4 is 10.6 Å². The zero-order chi connectivity index (χ0) is 8.53. The molecule has 0 aromatic rings. The van der Waals surface area contributed by atoms with E-state index in [-0.39, 0.29) is 0 Å². The SMILES string of the molecule is CNCCCCNCC(C)C. The van der Waals surface area contributed by atoms with E-state index >= 15 is 0 Å². The minimum atomic E-state index is 0.777. The Balaban J connectivity index is 2.80. The molecule has 11 heavy (non-hydrogen) atoms. The van der Waals surface area contributed by atoms with Gasteiger partial charge in [0, 0.05) is 0 Å². The molecule has 0 fully saturated rings. The second-order valence-corrected chi connectivity index (χ2v) is 3.41. The van der Waals surface area contributed by atoms with Gasteiger partial charge in [-0.15, -0.1) is 0 Å². The van der Waals surface area contributed by atoms with E-state index in [0.717, 1.165) is 19.0 Å². The lowest BCUT2D eigenvalue weighted by Crippen LogP contribution is -2.21. The van der Waals surface area contributed by atoms with E-state index < -0.39 is 0 Å². The average Bonchev–Trinajstić information content (AvgIpc) is 1.96. The van der Waals surface area contributed by atoms with Crippen molar-refractivity contribution in [3.8, 4) is 0 Å². The zero-order valence-electron chi connectivity index (χ0n) is 8.11. The van der Waals surface area contributed by atoms with Crippen LogP contribution in [-0.4, -0.2) is 26.7 Å². The van der Waals surface area contributed by atoms with Crippen LogP contribution in [0.25, 0.3) is 0 Å². The summed E-state index contributed by atoms with van der Waals surface area (Å²) in [5.74, 6) is 0.777. The molecule has 0 radical (unpaired) electrons. The Labute approximate surface area is 70.8 Å². The molecule has 0 spiro atoms. The molecule has 0 aliphatic heterocycles. The van der Waals surface area contributed by atoms with E-state index in [1.807, 2.05) is 7.05 Å². The van der Waals surface area contributed by atoms with E-state index in [1.165, 1.54) is 19.4 Å². The number of nitrogens with one attached hydrogen (secondary N) is 2. The Morgan fingerprint density at radius 1 is 1.09 bits per heavy atom. The van der Waals surface area contributed by atoms with Gasteiger partial charge >= 0.3 is 0 Å². The first-order chi connectivity index (χ1) is 5.27. The predicted molar refractivity (Wildman–Crippen MR) is 50.9 cm³/mol. The lowest BCUT2D eigenvalue weighted by atomic mass is 10.2. The molecule has 68 valence electrons. The van der Waals surface area contributed by atoms with Gasteiger partial charge in [-0.3, -0.25) is 0 Å². The van der Waals surface area contributed by atoms with Crippen molar-refractivity contribution < 1.29 is 0 Å². The molecule has 0 atom stereocenters. The van der Waals surface area contributed by atoms with Crippen LogP contribution in [-0.2, 0) is 0 Å². The third-order valence-corrected chi connectivity index (χ3v) is 1.58. The lowest BCUT2D eigenvalue weighted by molar-refractivity contribution is 0.532. The van der Waals surface area contributed by atoms with Crippen molar-refractivity contribution >= 4 is 0 Å². The molecule has 0 rings (SSSR count). The number of hydrogen-bond acceptors (Lipinski definition) is 2. The standard InChI is InChI=1S/C9H22N2/c1-9(2)8-11-7-5-4-6-10-3/h9-11H,4-8H2,1-3H3. The molecular formula is C9H22N2. The molecule has 2 N–H and O–H groups in total. The minimum absolute atomic E-state index is 0.777. The van der Waals surface area contributed by atoms with Crippen LogP contribution in [0.5, 0.6) is 0 Å². The molecule has 0 amide bonds. The highest BCUT2D eigenvalue weighted by Gasteiger charge is 1.91. The maximum Gasteiger partial charge on any atom is -0.00258 e. The summed E-state index contributed by atoms with van der Waals surface area (Å²) in [5, 5.41) is 6.56. The summed E-state index contributed by atoms with van der Waals surface area (Å²) >= 11 is 0. The number of rotatable bonds is 7. The molecular weight excluding hydrogens is 136 g/mol. The molecule has 0 bridgehead atoms. The fourth-order valence-corrected chi connectivity index (χ4v) is 0.943. The van der Waals surface area contributed by atoms with Crippen molar-refractivity contribution in [1.29, 1.82) is 0 Å². The van der Waals surface area contributed by atoms with Crippen LogP contribution in [0.1, 0.15) is 26.7 Å². The summed E-state index contributed by atoms with van der Waals surface area (Å²) in [6.07, 6.45) is 2.56. The topological polar surface area (TPSA) is 24.1 Å². The maximum absolute atomic E-state index is 3.42. The first kappa shape index (κ1) is 10.9. The quantitative estimate of drug-likeness (QED) is 0.545. The van der Waals surface area contributed by atoms with Crippen LogP contribution in [0.4, 0.5) is 0 Å². The Bertz CT molecular complexity index is 72.0. The fourth-order valence-electron chi connectivity index (χ4n) is 0.943. The molecule has 0 saturated carbocycles. The van der Waals surface area contributed by atoms with Gasteiger partial charge in [-0.25, -0.2) is 0 Å². The van der Waals surface area contributed by atoms with E-state index in [9.17, 15) is 0 Å². The van der Waals surface area contributed by atoms with Crippen LogP contribution in [0.15, 0.2) is 0 Å². The van der Waals surface area contributed by atoms with Gasteiger partial charge in [-0.2, -0.15) is 0 Å². The first-order valence-electron chi connectivity index (χ1n) is 4.62. The second kappa shape index (κ2) is 8.02. The van der Waals surface area contributed by atoms with Gasteiger partial charge in [-0.1, -0.05) is 13.8 Å². The summed E-state index contributed by atoms with van der Waals surface area (Å²) in [4.78, 5) is 0. The van der Waals surface area contributed by atoms with Crippen molar-refractivity contribution in [1.82, 2.24) is 10.6 Å². The van der Waals surface area contributed by atoms with Gasteiger partial charge in [0.25, 0.3) is 0 Å². The highest BCUT2D eigenvalue weighted by molar-refractivity contribution is 4.52. The van der Waals surface area contributed by atoms with Gasteiger partial charge < -0.3 is 10.6 Å². The molecule has 0 aromatic carbocycles. The Morgan fingerprint density at radius 2 is 1.73 bits per heavy atom. The van der Waals surface area contributed by atoms with E-state index in [2.05, 4.69) is 24.5 Å². The van der Waals surface area contributed by atoms with Gasteiger partial charge in [-0.05, 0) is 45.4 Å². The first-order valence-corrected chi connectivity index (χ1v) is 4.62. The Kier molecular flexibility index (Phi) is 7.96. The van der Waals surface area contributed by atoms with E-state index in [0.29, 0.717) is 0 Å². The molecule has 0 aliphatic carbocycles. The van der Waals surface area contributed by atoms with E-state index in [1.54, 1.807) is 0 Å². The average molecular weight is 158 g/mol. The van der Waals surface area contributed by atoms with Crippen molar-refractivity contribution in [3.05, 3.63) is 0 Å². The molecule has 0 aromatic heterocycles. The maximum atomic E-state index is 3.42. The third-order valence-electron chi connectivity index (χ3n) is 1.58. The number of unbranched alkanes of at least 4 members (excludes halogenated alkanes) is 1. The zero-order valence-corrected chi connectivity index (χ0v) is 8.11. The van der Waals surface area contributed by atoms with Gasteiger partial charge in [0.05, 0.1) is 0 Å². The molecule has 2 nitrogen and oxygen atoms in total. The van der Waals surface area contributed by atoms with Crippen LogP contribution >= 0.6 is 0 Å². The van der Waals surface area contributed by atoms with Crippen LogP contribution in [0, 0.1) is 5.92 Å². The Morgan fingerprint density at radius 3 is 2.27 bits per heavy atom. The highest BCUT2D eigenvalue weighted by Crippen LogP contribution is 1.88.